The van der Waals surface area contributed by atoms with Crippen molar-refractivity contribution < 1.29 is 0 Å². The van der Waals surface area contributed by atoms with E-state index in [9.17, 15) is 0 Å². The van der Waals surface area contributed by atoms with E-state index in [1.165, 1.54) is 6.42 Å². The van der Waals surface area contributed by atoms with Gasteiger partial charge < -0.3 is 10.6 Å². The minimum atomic E-state index is 0.565. The fourth-order valence-electron chi connectivity index (χ4n) is 1.23. The van der Waals surface area contributed by atoms with Crippen LogP contribution in [-0.4, -0.2) is 44.4 Å². The molecule has 0 saturated heterocycles. The topological polar surface area (TPSA) is 39.3 Å². The van der Waals surface area contributed by atoms with Crippen molar-refractivity contribution in [2.75, 3.05) is 33.4 Å². The van der Waals surface area contributed by atoms with Gasteiger partial charge in [-0.05, 0) is 26.9 Å². The highest BCUT2D eigenvalue weighted by Crippen LogP contribution is 1.88. The van der Waals surface area contributed by atoms with Gasteiger partial charge in [0.2, 0.25) is 0 Å². The molecule has 14 heavy (non-hydrogen) atoms. The fraction of sp³-hybridized carbons (Fsp3) is 1.00. The number of nitrogens with zero attached hydrogens (tertiary/aromatic N) is 1. The summed E-state index contributed by atoms with van der Waals surface area (Å²) < 4.78 is 0. The normalized spacial score (nSPS) is 13.5. The van der Waals surface area contributed by atoms with Crippen LogP contribution in [0.15, 0.2) is 0 Å². The van der Waals surface area contributed by atoms with Gasteiger partial charge in [0.05, 0.1) is 6.67 Å². The maximum absolute atomic E-state index is 3.48. The van der Waals surface area contributed by atoms with Gasteiger partial charge in [0.1, 0.15) is 0 Å². The summed E-state index contributed by atoms with van der Waals surface area (Å²) in [6.45, 7) is 10.5. The Balaban J connectivity index is 3.46. The summed E-state index contributed by atoms with van der Waals surface area (Å²) >= 11 is 0. The smallest absolute Gasteiger partial charge is 0.0622 e. The van der Waals surface area contributed by atoms with Crippen molar-refractivity contribution in [2.45, 2.75) is 33.2 Å². The molecule has 4 nitrogen and oxygen atoms in total. The van der Waals surface area contributed by atoms with Crippen LogP contribution in [0.25, 0.3) is 0 Å². The molecule has 86 valence electrons. The first-order chi connectivity index (χ1) is 6.74. The van der Waals surface area contributed by atoms with Crippen LogP contribution in [0.4, 0.5) is 0 Å². The Morgan fingerprint density at radius 3 is 2.50 bits per heavy atom. The summed E-state index contributed by atoms with van der Waals surface area (Å²) in [5, 5.41) is 8.82. The average molecular weight is 202 g/mol. The van der Waals surface area contributed by atoms with Gasteiger partial charge in [0.25, 0.3) is 0 Å². The van der Waals surface area contributed by atoms with Gasteiger partial charge in [-0.15, -0.1) is 0 Å². The second-order valence-electron chi connectivity index (χ2n) is 3.52. The maximum Gasteiger partial charge on any atom is 0.0622 e. The number of hydrogen-bond donors (Lipinski definition) is 3. The first kappa shape index (κ1) is 13.8. The Morgan fingerprint density at radius 1 is 1.29 bits per heavy atom. The van der Waals surface area contributed by atoms with E-state index >= 15 is 0 Å². The third-order valence-electron chi connectivity index (χ3n) is 2.22. The molecule has 1 atom stereocenters. The quantitative estimate of drug-likeness (QED) is 0.373. The van der Waals surface area contributed by atoms with Gasteiger partial charge in [-0.25, -0.2) is 5.01 Å². The molecule has 3 N–H and O–H groups in total. The van der Waals surface area contributed by atoms with Crippen molar-refractivity contribution in [1.82, 2.24) is 21.1 Å². The largest absolute Gasteiger partial charge is 0.320 e. The first-order valence-electron chi connectivity index (χ1n) is 5.61. The Labute approximate surface area is 88.4 Å². The van der Waals surface area contributed by atoms with Crippen LogP contribution >= 0.6 is 0 Å². The van der Waals surface area contributed by atoms with E-state index in [1.807, 2.05) is 7.05 Å². The summed E-state index contributed by atoms with van der Waals surface area (Å²) in [7, 11) is 1.99. The standard InChI is InChI=1S/C10H26N4/c1-5-13-14(6-2)9-12-10(3)7-8-11-4/h10-13H,5-9H2,1-4H3. The molecule has 0 aromatic carbocycles. The summed E-state index contributed by atoms with van der Waals surface area (Å²) in [6.07, 6.45) is 1.17. The lowest BCUT2D eigenvalue weighted by Gasteiger charge is -2.23. The zero-order valence-electron chi connectivity index (χ0n) is 10.1. The molecule has 0 bridgehead atoms. The van der Waals surface area contributed by atoms with Crippen LogP contribution in [-0.2, 0) is 0 Å². The molecule has 0 aliphatic carbocycles. The molecule has 0 radical (unpaired) electrons. The SMILES string of the molecule is CCNN(CC)CNC(C)CCNC. The van der Waals surface area contributed by atoms with E-state index < -0.39 is 0 Å². The van der Waals surface area contributed by atoms with Gasteiger partial charge in [-0.3, -0.25) is 5.43 Å². The van der Waals surface area contributed by atoms with Gasteiger partial charge in [-0.1, -0.05) is 13.8 Å². The highest BCUT2D eigenvalue weighted by molar-refractivity contribution is 4.61. The summed E-state index contributed by atoms with van der Waals surface area (Å²) in [5.74, 6) is 0. The number of hydrazine groups is 1. The molecule has 0 fully saturated rings. The average Bonchev–Trinajstić information content (AvgIpc) is 2.21. The maximum atomic E-state index is 3.48. The van der Waals surface area contributed by atoms with E-state index in [1.54, 1.807) is 0 Å². The molecule has 0 aromatic heterocycles. The Kier molecular flexibility index (Phi) is 9.29. The zero-order valence-corrected chi connectivity index (χ0v) is 10.1. The molecule has 0 aliphatic heterocycles. The van der Waals surface area contributed by atoms with E-state index in [0.717, 1.165) is 26.3 Å². The van der Waals surface area contributed by atoms with Crippen LogP contribution in [0.1, 0.15) is 27.2 Å². The molecular formula is C10H26N4. The van der Waals surface area contributed by atoms with E-state index in [0.29, 0.717) is 6.04 Å². The van der Waals surface area contributed by atoms with Crippen molar-refractivity contribution in [2.24, 2.45) is 0 Å². The minimum absolute atomic E-state index is 0.565. The summed E-state index contributed by atoms with van der Waals surface area (Å²) in [6, 6.07) is 0.565. The molecule has 0 aliphatic rings. The number of hydrogen-bond acceptors (Lipinski definition) is 4. The Bertz CT molecular complexity index is 119. The molecule has 1 unspecified atom stereocenters. The van der Waals surface area contributed by atoms with Crippen LogP contribution in [0.3, 0.4) is 0 Å². The van der Waals surface area contributed by atoms with Gasteiger partial charge in [-0.2, -0.15) is 0 Å². The van der Waals surface area contributed by atoms with Gasteiger partial charge in [0.15, 0.2) is 0 Å². The third-order valence-corrected chi connectivity index (χ3v) is 2.22. The van der Waals surface area contributed by atoms with E-state index in [-0.39, 0.29) is 0 Å². The predicted molar refractivity (Wildman–Crippen MR) is 62.1 cm³/mol. The lowest BCUT2D eigenvalue weighted by Crippen LogP contribution is -2.46. The molecule has 0 heterocycles. The highest BCUT2D eigenvalue weighted by atomic mass is 15.5. The molecule has 4 heteroatoms. The van der Waals surface area contributed by atoms with Crippen LogP contribution < -0.4 is 16.1 Å². The lowest BCUT2D eigenvalue weighted by molar-refractivity contribution is 0.178. The van der Waals surface area contributed by atoms with Gasteiger partial charge in [0, 0.05) is 19.1 Å². The van der Waals surface area contributed by atoms with E-state index in [4.69, 9.17) is 0 Å². The second kappa shape index (κ2) is 9.40. The zero-order chi connectivity index (χ0) is 10.8. The summed E-state index contributed by atoms with van der Waals surface area (Å²) in [5.41, 5.74) is 3.30. The highest BCUT2D eigenvalue weighted by Gasteiger charge is 2.03. The number of nitrogens with one attached hydrogen (secondary N) is 3. The second-order valence-corrected chi connectivity index (χ2v) is 3.52. The molecule has 0 aromatic rings. The molecule has 0 spiro atoms. The van der Waals surface area contributed by atoms with Crippen molar-refractivity contribution >= 4 is 0 Å². The molecule has 0 amide bonds. The number of rotatable bonds is 9. The van der Waals surface area contributed by atoms with Crippen molar-refractivity contribution in [3.8, 4) is 0 Å². The van der Waals surface area contributed by atoms with Crippen molar-refractivity contribution in [1.29, 1.82) is 0 Å². The predicted octanol–water partition coefficient (Wildman–Crippen LogP) is 0.378. The summed E-state index contributed by atoms with van der Waals surface area (Å²) in [4.78, 5) is 0. The van der Waals surface area contributed by atoms with Crippen molar-refractivity contribution in [3.05, 3.63) is 0 Å². The fourth-order valence-corrected chi connectivity index (χ4v) is 1.23. The molecule has 0 saturated carbocycles. The van der Waals surface area contributed by atoms with Crippen LogP contribution in [0.2, 0.25) is 0 Å². The first-order valence-corrected chi connectivity index (χ1v) is 5.61. The lowest BCUT2D eigenvalue weighted by atomic mass is 10.2. The van der Waals surface area contributed by atoms with Gasteiger partial charge >= 0.3 is 0 Å². The van der Waals surface area contributed by atoms with E-state index in [2.05, 4.69) is 41.8 Å². The Hall–Kier alpha value is -0.160. The van der Waals surface area contributed by atoms with Crippen molar-refractivity contribution in [3.63, 3.8) is 0 Å². The third kappa shape index (κ3) is 7.26. The van der Waals surface area contributed by atoms with Crippen LogP contribution in [0, 0.1) is 0 Å². The molecular weight excluding hydrogens is 176 g/mol. The van der Waals surface area contributed by atoms with Crippen LogP contribution in [0.5, 0.6) is 0 Å². The minimum Gasteiger partial charge on any atom is -0.320 e. The molecule has 0 rings (SSSR count). The Morgan fingerprint density at radius 2 is 2.00 bits per heavy atom. The monoisotopic (exact) mass is 202 g/mol.